The van der Waals surface area contributed by atoms with Gasteiger partial charge >= 0.3 is 0 Å². The zero-order chi connectivity index (χ0) is 14.5. The molecule has 4 N–H and O–H groups in total. The number of imidazole rings is 1. The van der Waals surface area contributed by atoms with E-state index in [0.29, 0.717) is 25.6 Å². The quantitative estimate of drug-likeness (QED) is 0.750. The van der Waals surface area contributed by atoms with Crippen LogP contribution in [0, 0.1) is 6.92 Å². The normalized spacial score (nSPS) is 11.3. The van der Waals surface area contributed by atoms with Crippen molar-refractivity contribution in [3.05, 3.63) is 17.6 Å². The summed E-state index contributed by atoms with van der Waals surface area (Å²) in [4.78, 5) is 8.79. The zero-order valence-electron chi connectivity index (χ0n) is 12.2. The first-order chi connectivity index (χ1) is 9.69. The summed E-state index contributed by atoms with van der Waals surface area (Å²) in [5.74, 6) is 1.38. The monoisotopic (exact) mass is 277 g/mol. The maximum absolute atomic E-state index is 5.94. The van der Waals surface area contributed by atoms with Crippen LogP contribution in [0.2, 0.25) is 0 Å². The number of hydrogen-bond donors (Lipinski definition) is 2. The van der Waals surface area contributed by atoms with Crippen molar-refractivity contribution < 1.29 is 4.74 Å². The first-order valence-corrected chi connectivity index (χ1v) is 7.07. The van der Waals surface area contributed by atoms with Crippen LogP contribution in [0.1, 0.15) is 31.2 Å². The van der Waals surface area contributed by atoms with Crippen LogP contribution < -0.4 is 11.5 Å². The van der Waals surface area contributed by atoms with Crippen LogP contribution in [-0.2, 0) is 17.9 Å². The Balaban J connectivity index is 2.44. The van der Waals surface area contributed by atoms with Gasteiger partial charge in [-0.2, -0.15) is 0 Å². The first-order valence-electron chi connectivity index (χ1n) is 7.07. The predicted molar refractivity (Wildman–Crippen MR) is 80.3 cm³/mol. The van der Waals surface area contributed by atoms with E-state index in [2.05, 4.69) is 14.5 Å². The lowest BCUT2D eigenvalue weighted by Crippen LogP contribution is -2.08. The maximum Gasteiger partial charge on any atom is 0.151 e. The summed E-state index contributed by atoms with van der Waals surface area (Å²) >= 11 is 0. The molecular formula is C14H23N5O. The molecule has 0 aliphatic rings. The summed E-state index contributed by atoms with van der Waals surface area (Å²) in [6, 6.07) is 0. The van der Waals surface area contributed by atoms with Crippen molar-refractivity contribution in [2.45, 2.75) is 39.8 Å². The standard InChI is InChI=1S/C14H23N5O/c1-3-20-9-11-18-12-13(10(2)8-17-14(12)16)19(11)7-5-4-6-15/h8H,3-7,9,15H2,1-2H3,(H2,16,17). The van der Waals surface area contributed by atoms with E-state index in [9.17, 15) is 0 Å². The highest BCUT2D eigenvalue weighted by atomic mass is 16.5. The maximum atomic E-state index is 5.94. The van der Waals surface area contributed by atoms with Crippen LogP contribution in [0.5, 0.6) is 0 Å². The fourth-order valence-corrected chi connectivity index (χ4v) is 2.32. The Hall–Kier alpha value is -1.66. The van der Waals surface area contributed by atoms with Crippen molar-refractivity contribution in [3.8, 4) is 0 Å². The van der Waals surface area contributed by atoms with Gasteiger partial charge < -0.3 is 20.8 Å². The Morgan fingerprint density at radius 2 is 2.15 bits per heavy atom. The Labute approximate surface area is 119 Å². The Morgan fingerprint density at radius 3 is 2.85 bits per heavy atom. The molecule has 110 valence electrons. The Bertz CT molecular complexity index is 578. The molecule has 0 radical (unpaired) electrons. The molecule has 20 heavy (non-hydrogen) atoms. The van der Waals surface area contributed by atoms with Gasteiger partial charge in [-0.05, 0) is 38.8 Å². The van der Waals surface area contributed by atoms with Gasteiger partial charge in [0, 0.05) is 19.3 Å². The second-order valence-electron chi connectivity index (χ2n) is 4.84. The zero-order valence-corrected chi connectivity index (χ0v) is 12.2. The highest BCUT2D eigenvalue weighted by molar-refractivity contribution is 5.87. The first kappa shape index (κ1) is 14.7. The molecular weight excluding hydrogens is 254 g/mol. The fraction of sp³-hybridized carbons (Fsp3) is 0.571. The molecule has 0 bridgehead atoms. The molecule has 0 spiro atoms. The van der Waals surface area contributed by atoms with Crippen LogP contribution in [0.15, 0.2) is 6.20 Å². The molecule has 2 aromatic rings. The molecule has 0 saturated carbocycles. The molecule has 0 atom stereocenters. The van der Waals surface area contributed by atoms with Crippen LogP contribution in [-0.4, -0.2) is 27.7 Å². The van der Waals surface area contributed by atoms with Crippen LogP contribution in [0.3, 0.4) is 0 Å². The van der Waals surface area contributed by atoms with Crippen molar-refractivity contribution in [2.75, 3.05) is 18.9 Å². The Kier molecular flexibility index (Phi) is 4.92. The summed E-state index contributed by atoms with van der Waals surface area (Å²) in [5, 5.41) is 0. The van der Waals surface area contributed by atoms with Gasteiger partial charge in [0.25, 0.3) is 0 Å². The van der Waals surface area contributed by atoms with Gasteiger partial charge in [0.05, 0.1) is 5.52 Å². The van der Waals surface area contributed by atoms with Crippen molar-refractivity contribution >= 4 is 16.9 Å². The van der Waals surface area contributed by atoms with Gasteiger partial charge in [-0.15, -0.1) is 0 Å². The van der Waals surface area contributed by atoms with Crippen molar-refractivity contribution in [2.24, 2.45) is 5.73 Å². The predicted octanol–water partition coefficient (Wildman–Crippen LogP) is 1.60. The second-order valence-corrected chi connectivity index (χ2v) is 4.84. The van der Waals surface area contributed by atoms with E-state index in [1.54, 1.807) is 6.20 Å². The van der Waals surface area contributed by atoms with Gasteiger partial charge in [0.15, 0.2) is 5.82 Å². The third-order valence-corrected chi connectivity index (χ3v) is 3.33. The molecule has 0 amide bonds. The van der Waals surface area contributed by atoms with Crippen LogP contribution in [0.4, 0.5) is 5.82 Å². The minimum atomic E-state index is 0.473. The van der Waals surface area contributed by atoms with Gasteiger partial charge in [0.1, 0.15) is 17.9 Å². The third kappa shape index (κ3) is 2.91. The molecule has 0 aliphatic carbocycles. The van der Waals surface area contributed by atoms with E-state index < -0.39 is 0 Å². The van der Waals surface area contributed by atoms with Gasteiger partial charge in [0.2, 0.25) is 0 Å². The average Bonchev–Trinajstić information content (AvgIpc) is 2.81. The number of ether oxygens (including phenoxy) is 1. The lowest BCUT2D eigenvalue weighted by atomic mass is 10.2. The molecule has 6 heteroatoms. The van der Waals surface area contributed by atoms with Gasteiger partial charge in [-0.3, -0.25) is 0 Å². The SMILES string of the molecule is CCOCc1nc2c(N)ncc(C)c2n1CCCCN. The molecule has 0 saturated heterocycles. The smallest absolute Gasteiger partial charge is 0.151 e. The number of aryl methyl sites for hydroxylation is 2. The molecule has 2 heterocycles. The van der Waals surface area contributed by atoms with Gasteiger partial charge in [-0.25, -0.2) is 9.97 Å². The number of hydrogen-bond acceptors (Lipinski definition) is 5. The van der Waals surface area contributed by atoms with Crippen LogP contribution >= 0.6 is 0 Å². The number of nitrogen functional groups attached to an aromatic ring is 1. The average molecular weight is 277 g/mol. The molecule has 6 nitrogen and oxygen atoms in total. The number of aromatic nitrogens is 3. The lowest BCUT2D eigenvalue weighted by Gasteiger charge is -2.10. The number of fused-ring (bicyclic) bond motifs is 1. The number of nitrogens with zero attached hydrogens (tertiary/aromatic N) is 3. The lowest BCUT2D eigenvalue weighted by molar-refractivity contribution is 0.126. The fourth-order valence-electron chi connectivity index (χ4n) is 2.32. The number of unbranched alkanes of at least 4 members (excludes halogenated alkanes) is 1. The third-order valence-electron chi connectivity index (χ3n) is 3.33. The summed E-state index contributed by atoms with van der Waals surface area (Å²) in [7, 11) is 0. The van der Waals surface area contributed by atoms with Crippen LogP contribution in [0.25, 0.3) is 11.0 Å². The van der Waals surface area contributed by atoms with E-state index in [1.807, 2.05) is 13.8 Å². The minimum Gasteiger partial charge on any atom is -0.382 e. The summed E-state index contributed by atoms with van der Waals surface area (Å²) < 4.78 is 7.70. The van der Waals surface area contributed by atoms with E-state index in [0.717, 1.165) is 41.8 Å². The van der Waals surface area contributed by atoms with E-state index in [-0.39, 0.29) is 0 Å². The molecule has 0 aromatic carbocycles. The summed E-state index contributed by atoms with van der Waals surface area (Å²) in [6.45, 7) is 6.74. The largest absolute Gasteiger partial charge is 0.382 e. The van der Waals surface area contributed by atoms with Crippen molar-refractivity contribution in [1.29, 1.82) is 0 Å². The number of rotatable bonds is 7. The topological polar surface area (TPSA) is 92.0 Å². The highest BCUT2D eigenvalue weighted by Gasteiger charge is 2.15. The minimum absolute atomic E-state index is 0.473. The molecule has 2 aromatic heterocycles. The molecule has 0 unspecified atom stereocenters. The summed E-state index contributed by atoms with van der Waals surface area (Å²) in [5.41, 5.74) is 14.4. The van der Waals surface area contributed by atoms with E-state index in [1.165, 1.54) is 0 Å². The van der Waals surface area contributed by atoms with Gasteiger partial charge in [-0.1, -0.05) is 0 Å². The van der Waals surface area contributed by atoms with E-state index in [4.69, 9.17) is 16.2 Å². The molecule has 0 aliphatic heterocycles. The Morgan fingerprint density at radius 1 is 1.35 bits per heavy atom. The molecule has 2 rings (SSSR count). The van der Waals surface area contributed by atoms with Crippen molar-refractivity contribution in [3.63, 3.8) is 0 Å². The second kappa shape index (κ2) is 6.67. The highest BCUT2D eigenvalue weighted by Crippen LogP contribution is 2.24. The van der Waals surface area contributed by atoms with Crippen molar-refractivity contribution in [1.82, 2.24) is 14.5 Å². The molecule has 0 fully saturated rings. The number of pyridine rings is 1. The number of anilines is 1. The van der Waals surface area contributed by atoms with E-state index >= 15 is 0 Å². The number of nitrogens with two attached hydrogens (primary N) is 2. The summed E-state index contributed by atoms with van der Waals surface area (Å²) in [6.07, 6.45) is 3.80.